The van der Waals surface area contributed by atoms with Crippen LogP contribution in [0.15, 0.2) is 12.4 Å². The summed E-state index contributed by atoms with van der Waals surface area (Å²) in [5.41, 5.74) is 0. The molecule has 0 saturated heterocycles. The molecule has 1 N–H and O–H groups in total. The van der Waals surface area contributed by atoms with Crippen LogP contribution in [0.2, 0.25) is 0 Å². The van der Waals surface area contributed by atoms with Crippen molar-refractivity contribution in [1.82, 2.24) is 9.97 Å². The number of halogens is 1. The Kier molecular flexibility index (Phi) is 7.10. The summed E-state index contributed by atoms with van der Waals surface area (Å²) >= 11 is 5.49. The average Bonchev–Trinajstić information content (AvgIpc) is 2.38. The molecule has 0 unspecified atom stereocenters. The van der Waals surface area contributed by atoms with Crippen LogP contribution in [0.4, 0.5) is 5.95 Å². The van der Waals surface area contributed by atoms with E-state index in [1.54, 1.807) is 0 Å². The van der Waals surface area contributed by atoms with E-state index in [-0.39, 0.29) is 5.91 Å². The average molecular weight is 272 g/mol. The van der Waals surface area contributed by atoms with E-state index in [4.69, 9.17) is 16.3 Å². The summed E-state index contributed by atoms with van der Waals surface area (Å²) in [6.45, 7) is 2.51. The molecule has 1 aromatic heterocycles. The van der Waals surface area contributed by atoms with Crippen molar-refractivity contribution in [3.05, 3.63) is 12.4 Å². The second-order valence-electron chi connectivity index (χ2n) is 3.79. The Bertz CT molecular complexity index is 357. The van der Waals surface area contributed by atoms with Crippen LogP contribution in [0, 0.1) is 0 Å². The fourth-order valence-electron chi connectivity index (χ4n) is 1.33. The molecule has 18 heavy (non-hydrogen) atoms. The SMILES string of the molecule is CCCCCC(=O)Nc1ncc(OCCCl)cn1. The number of hydrogen-bond acceptors (Lipinski definition) is 4. The number of anilines is 1. The summed E-state index contributed by atoms with van der Waals surface area (Å²) in [6, 6.07) is 0. The summed E-state index contributed by atoms with van der Waals surface area (Å²) in [4.78, 5) is 19.5. The summed E-state index contributed by atoms with van der Waals surface area (Å²) < 4.78 is 5.22. The maximum Gasteiger partial charge on any atom is 0.229 e. The maximum absolute atomic E-state index is 11.5. The molecule has 0 atom stereocenters. The fourth-order valence-corrected chi connectivity index (χ4v) is 1.41. The van der Waals surface area contributed by atoms with Gasteiger partial charge in [0.25, 0.3) is 0 Å². The Morgan fingerprint density at radius 2 is 2.11 bits per heavy atom. The molecule has 100 valence electrons. The zero-order valence-corrected chi connectivity index (χ0v) is 11.2. The highest BCUT2D eigenvalue weighted by atomic mass is 35.5. The molecule has 1 amide bonds. The van der Waals surface area contributed by atoms with Crippen LogP contribution in [0.25, 0.3) is 0 Å². The minimum absolute atomic E-state index is 0.0575. The smallest absolute Gasteiger partial charge is 0.229 e. The summed E-state index contributed by atoms with van der Waals surface area (Å²) in [5.74, 6) is 1.20. The Morgan fingerprint density at radius 1 is 1.39 bits per heavy atom. The van der Waals surface area contributed by atoms with Gasteiger partial charge in [0.15, 0.2) is 5.75 Å². The van der Waals surface area contributed by atoms with E-state index in [9.17, 15) is 4.79 Å². The van der Waals surface area contributed by atoms with E-state index in [2.05, 4.69) is 22.2 Å². The maximum atomic E-state index is 11.5. The molecule has 1 rings (SSSR count). The lowest BCUT2D eigenvalue weighted by molar-refractivity contribution is -0.116. The first-order valence-corrected chi connectivity index (χ1v) is 6.60. The van der Waals surface area contributed by atoms with Gasteiger partial charge in [0, 0.05) is 6.42 Å². The van der Waals surface area contributed by atoms with Crippen molar-refractivity contribution in [2.75, 3.05) is 17.8 Å². The Balaban J connectivity index is 2.35. The molecular weight excluding hydrogens is 254 g/mol. The van der Waals surface area contributed by atoms with E-state index in [1.165, 1.54) is 12.4 Å². The molecule has 0 aliphatic carbocycles. The third-order valence-electron chi connectivity index (χ3n) is 2.23. The number of rotatable bonds is 8. The zero-order chi connectivity index (χ0) is 13.2. The molecular formula is C12H18ClN3O2. The van der Waals surface area contributed by atoms with Gasteiger partial charge in [-0.2, -0.15) is 0 Å². The first kappa shape index (κ1) is 14.7. The molecule has 0 aromatic carbocycles. The van der Waals surface area contributed by atoms with E-state index in [0.717, 1.165) is 19.3 Å². The number of hydrogen-bond donors (Lipinski definition) is 1. The lowest BCUT2D eigenvalue weighted by Crippen LogP contribution is -2.13. The van der Waals surface area contributed by atoms with Crippen molar-refractivity contribution in [1.29, 1.82) is 0 Å². The van der Waals surface area contributed by atoms with Crippen LogP contribution >= 0.6 is 11.6 Å². The molecule has 1 heterocycles. The van der Waals surface area contributed by atoms with Crippen LogP contribution in [0.5, 0.6) is 5.75 Å². The van der Waals surface area contributed by atoms with Gasteiger partial charge in [0.05, 0.1) is 18.3 Å². The standard InChI is InChI=1S/C12H18ClN3O2/c1-2-3-4-5-11(17)16-12-14-8-10(9-15-12)18-7-6-13/h8-9H,2-7H2,1H3,(H,14,15,16,17). The van der Waals surface area contributed by atoms with E-state index in [1.807, 2.05) is 0 Å². The van der Waals surface area contributed by atoms with Crippen molar-refractivity contribution in [2.24, 2.45) is 0 Å². The van der Waals surface area contributed by atoms with Gasteiger partial charge in [0.1, 0.15) is 6.61 Å². The predicted molar refractivity (Wildman–Crippen MR) is 71.0 cm³/mol. The fraction of sp³-hybridized carbons (Fsp3) is 0.583. The van der Waals surface area contributed by atoms with Gasteiger partial charge in [0.2, 0.25) is 11.9 Å². The molecule has 5 nitrogen and oxygen atoms in total. The van der Waals surface area contributed by atoms with Gasteiger partial charge in [-0.3, -0.25) is 10.1 Å². The molecule has 0 fully saturated rings. The lowest BCUT2D eigenvalue weighted by atomic mass is 10.2. The molecule has 0 aliphatic rings. The highest BCUT2D eigenvalue weighted by Gasteiger charge is 2.04. The minimum atomic E-state index is -0.0575. The highest BCUT2D eigenvalue weighted by molar-refractivity contribution is 6.18. The minimum Gasteiger partial charge on any atom is -0.489 e. The van der Waals surface area contributed by atoms with Gasteiger partial charge in [-0.15, -0.1) is 11.6 Å². The normalized spacial score (nSPS) is 10.1. The van der Waals surface area contributed by atoms with Gasteiger partial charge in [-0.25, -0.2) is 9.97 Å². The highest BCUT2D eigenvalue weighted by Crippen LogP contribution is 2.09. The quantitative estimate of drug-likeness (QED) is 0.583. The van der Waals surface area contributed by atoms with Gasteiger partial charge in [-0.05, 0) is 6.42 Å². The van der Waals surface area contributed by atoms with Crippen LogP contribution in [-0.2, 0) is 4.79 Å². The Morgan fingerprint density at radius 3 is 2.72 bits per heavy atom. The summed E-state index contributed by atoms with van der Waals surface area (Å²) in [5, 5.41) is 2.64. The topological polar surface area (TPSA) is 64.1 Å². The van der Waals surface area contributed by atoms with Gasteiger partial charge in [-0.1, -0.05) is 19.8 Å². The van der Waals surface area contributed by atoms with Crippen molar-refractivity contribution in [3.63, 3.8) is 0 Å². The van der Waals surface area contributed by atoms with Crippen LogP contribution in [-0.4, -0.2) is 28.4 Å². The number of nitrogens with zero attached hydrogens (tertiary/aromatic N) is 2. The molecule has 0 saturated carbocycles. The first-order chi connectivity index (χ1) is 8.76. The number of carbonyl (C=O) groups excluding carboxylic acids is 1. The van der Waals surface area contributed by atoms with Crippen molar-refractivity contribution in [3.8, 4) is 5.75 Å². The Hall–Kier alpha value is -1.36. The van der Waals surface area contributed by atoms with Crippen LogP contribution in [0.3, 0.4) is 0 Å². The van der Waals surface area contributed by atoms with E-state index < -0.39 is 0 Å². The predicted octanol–water partition coefficient (Wildman–Crippen LogP) is 2.61. The second kappa shape index (κ2) is 8.69. The zero-order valence-electron chi connectivity index (χ0n) is 10.5. The number of ether oxygens (including phenoxy) is 1. The third-order valence-corrected chi connectivity index (χ3v) is 2.39. The molecule has 0 aliphatic heterocycles. The number of unbranched alkanes of at least 4 members (excludes halogenated alkanes) is 2. The monoisotopic (exact) mass is 271 g/mol. The van der Waals surface area contributed by atoms with Crippen LogP contribution in [0.1, 0.15) is 32.6 Å². The number of aromatic nitrogens is 2. The van der Waals surface area contributed by atoms with E-state index in [0.29, 0.717) is 30.6 Å². The van der Waals surface area contributed by atoms with Crippen molar-refractivity contribution in [2.45, 2.75) is 32.6 Å². The number of nitrogens with one attached hydrogen (secondary N) is 1. The summed E-state index contributed by atoms with van der Waals surface area (Å²) in [6.07, 6.45) is 6.57. The first-order valence-electron chi connectivity index (χ1n) is 6.07. The van der Waals surface area contributed by atoms with Gasteiger partial charge < -0.3 is 4.74 Å². The third kappa shape index (κ3) is 5.82. The molecule has 0 bridgehead atoms. The number of alkyl halides is 1. The largest absolute Gasteiger partial charge is 0.489 e. The van der Waals surface area contributed by atoms with Crippen molar-refractivity contribution >= 4 is 23.5 Å². The molecule has 1 aromatic rings. The lowest BCUT2D eigenvalue weighted by Gasteiger charge is -2.05. The van der Waals surface area contributed by atoms with E-state index >= 15 is 0 Å². The second-order valence-corrected chi connectivity index (χ2v) is 4.16. The van der Waals surface area contributed by atoms with Gasteiger partial charge >= 0.3 is 0 Å². The number of carbonyl (C=O) groups is 1. The van der Waals surface area contributed by atoms with Crippen molar-refractivity contribution < 1.29 is 9.53 Å². The molecule has 6 heteroatoms. The number of amides is 1. The molecule has 0 spiro atoms. The van der Waals surface area contributed by atoms with Crippen LogP contribution < -0.4 is 10.1 Å². The summed E-state index contributed by atoms with van der Waals surface area (Å²) in [7, 11) is 0. The molecule has 0 radical (unpaired) electrons. The Labute approximate surface area is 112 Å².